The number of rotatable bonds is 13. The van der Waals surface area contributed by atoms with Gasteiger partial charge in [0.25, 0.3) is 0 Å². The summed E-state index contributed by atoms with van der Waals surface area (Å²) in [7, 11) is 0. The molecule has 0 spiro atoms. The Morgan fingerprint density at radius 3 is 1.15 bits per heavy atom. The van der Waals surface area contributed by atoms with Gasteiger partial charge in [-0.1, -0.05) is 0 Å². The minimum Gasteiger partial charge on any atom is -0.486 e. The number of nitrogens with two attached hydrogens (primary N) is 1. The first kappa shape index (κ1) is 85.9. The van der Waals surface area contributed by atoms with E-state index < -0.39 is 46.1 Å². The molecular weight excluding hydrogens is 1540 g/mol. The van der Waals surface area contributed by atoms with Crippen molar-refractivity contribution >= 4 is 46.5 Å². The van der Waals surface area contributed by atoms with Gasteiger partial charge in [-0.2, -0.15) is 15.3 Å². The third-order valence-corrected chi connectivity index (χ3v) is 21.3. The number of nitrogens with zero attached hydrogens (tertiary/aromatic N) is 17. The van der Waals surface area contributed by atoms with E-state index in [1.54, 1.807) is 28.0 Å². The van der Waals surface area contributed by atoms with E-state index in [4.69, 9.17) is 51.2 Å². The van der Waals surface area contributed by atoms with Crippen molar-refractivity contribution < 1.29 is 59.6 Å². The molecule has 6 aromatic heterocycles. The predicted molar refractivity (Wildman–Crippen MR) is 435 cm³/mol. The fourth-order valence-electron chi connectivity index (χ4n) is 15.0. The van der Waals surface area contributed by atoms with Gasteiger partial charge in [-0.15, -0.1) is 0 Å². The molecule has 3 fully saturated rings. The lowest BCUT2D eigenvalue weighted by Crippen LogP contribution is -2.42. The quantitative estimate of drug-likeness (QED) is 0.0802. The summed E-state index contributed by atoms with van der Waals surface area (Å²) in [5.74, 6) is -2.01. The Morgan fingerprint density at radius 2 is 0.812 bits per heavy atom. The van der Waals surface area contributed by atoms with Crippen LogP contribution in [0.5, 0.6) is 17.2 Å². The van der Waals surface area contributed by atoms with E-state index in [0.717, 1.165) is 104 Å². The molecule has 9 aromatic rings. The second-order valence-electron chi connectivity index (χ2n) is 32.9. The van der Waals surface area contributed by atoms with Crippen LogP contribution in [0.25, 0.3) is 33.8 Å². The fraction of sp³-hybridized carbons (Fsp3) is 0.512. The van der Waals surface area contributed by atoms with E-state index in [0.29, 0.717) is 136 Å². The number of amides is 2. The molecule has 6 aliphatic heterocycles. The number of ether oxygens (including phenoxy) is 5. The van der Waals surface area contributed by atoms with Crippen LogP contribution < -0.4 is 40.0 Å². The lowest BCUT2D eigenvalue weighted by molar-refractivity contribution is 0.0174. The molecular formula is C84H106ClF6N19O7. The first-order valence-corrected chi connectivity index (χ1v) is 40.4. The largest absolute Gasteiger partial charge is 0.486 e. The zero-order valence-electron chi connectivity index (χ0n) is 69.2. The number of hydrogen-bond acceptors (Lipinski definition) is 21. The number of carbonyl (C=O) groups is 2. The van der Waals surface area contributed by atoms with Crippen molar-refractivity contribution in [2.75, 3.05) is 99.2 Å². The Kier molecular flexibility index (Phi) is 26.8. The smallest absolute Gasteiger partial charge is 0.410 e. The van der Waals surface area contributed by atoms with Gasteiger partial charge in [0.05, 0.1) is 96.2 Å². The molecule has 3 aromatic carbocycles. The molecule has 0 saturated carbocycles. The molecule has 26 nitrogen and oxygen atoms in total. The van der Waals surface area contributed by atoms with Crippen molar-refractivity contribution in [2.45, 2.75) is 203 Å². The third-order valence-electron chi connectivity index (χ3n) is 21.1. The first-order chi connectivity index (χ1) is 55.5. The molecule has 12 heterocycles. The van der Waals surface area contributed by atoms with E-state index in [-0.39, 0.29) is 76.0 Å². The minimum absolute atomic E-state index is 0.0315. The van der Waals surface area contributed by atoms with Crippen LogP contribution in [0.2, 0.25) is 5.28 Å². The number of halogens is 7. The Hall–Kier alpha value is -10.5. The van der Waals surface area contributed by atoms with Crippen LogP contribution in [0.3, 0.4) is 0 Å². The number of carbonyl (C=O) groups excluding carboxylic acids is 2. The zero-order chi connectivity index (χ0) is 84.1. The number of nitrogen functional groups attached to an aromatic ring is 1. The van der Waals surface area contributed by atoms with Gasteiger partial charge in [0, 0.05) is 104 Å². The predicted octanol–water partition coefficient (Wildman–Crippen LogP) is 15.8. The maximum atomic E-state index is 15.0. The summed E-state index contributed by atoms with van der Waals surface area (Å²) in [5, 5.41) is 17.1. The second-order valence-corrected chi connectivity index (χ2v) is 33.3. The molecule has 3 saturated heterocycles. The van der Waals surface area contributed by atoms with E-state index in [2.05, 4.69) is 45.2 Å². The summed E-state index contributed by atoms with van der Waals surface area (Å²) < 4.78 is 121. The number of nitrogens with one attached hydrogen (secondary N) is 1. The number of aromatic nitrogens is 12. The highest BCUT2D eigenvalue weighted by atomic mass is 35.5. The van der Waals surface area contributed by atoms with Gasteiger partial charge in [0.1, 0.15) is 59.8 Å². The SMILES string of the molecule is CC(C)N1CCOc2c(F)cc(-c3nc(Cl)ncc3F)cc21.Cc1nn(C2CCN(C(=O)OC(C)(C)C)CC2)cc1Cc1ncc(F)c(-c2cc(F)c3c(c2)N(C(C)C)CCO3)n1.Cc1nn(C2CCN(C(=O)OC(C)(C)C)CC2)cc1N.Cc1nn(C2CCNCC2)cc1Cc1ncc(F)c(-c2cc(F)c3c(c2)N(C(C)C)CCO3)n1. The zero-order valence-corrected chi connectivity index (χ0v) is 70.0. The summed E-state index contributed by atoms with van der Waals surface area (Å²) in [4.78, 5) is 58.9. The van der Waals surface area contributed by atoms with E-state index >= 15 is 4.39 Å². The number of likely N-dealkylation sites (tertiary alicyclic amines) is 2. The Balaban J connectivity index is 0.000000150. The van der Waals surface area contributed by atoms with Crippen LogP contribution in [0, 0.1) is 55.7 Å². The Labute approximate surface area is 683 Å². The second kappa shape index (κ2) is 36.6. The molecule has 0 bridgehead atoms. The molecule has 628 valence electrons. The number of aryl methyl sites for hydroxylation is 3. The Bertz CT molecular complexity index is 4990. The molecule has 0 radical (unpaired) electrons. The van der Waals surface area contributed by atoms with Gasteiger partial charge in [-0.3, -0.25) is 14.0 Å². The number of anilines is 4. The van der Waals surface area contributed by atoms with Crippen LogP contribution >= 0.6 is 11.6 Å². The van der Waals surface area contributed by atoms with Crippen LogP contribution in [0.15, 0.2) is 73.6 Å². The van der Waals surface area contributed by atoms with E-state index in [1.807, 2.05) is 146 Å². The summed E-state index contributed by atoms with van der Waals surface area (Å²) in [6.07, 6.45) is 14.8. The maximum absolute atomic E-state index is 15.0. The van der Waals surface area contributed by atoms with Crippen LogP contribution in [-0.2, 0) is 22.3 Å². The third kappa shape index (κ3) is 20.9. The van der Waals surface area contributed by atoms with Gasteiger partial charge >= 0.3 is 12.2 Å². The van der Waals surface area contributed by atoms with Crippen molar-refractivity contribution in [3.8, 4) is 51.0 Å². The van der Waals surface area contributed by atoms with Crippen molar-refractivity contribution in [2.24, 2.45) is 0 Å². The minimum atomic E-state index is -0.656. The number of fused-ring (bicyclic) bond motifs is 3. The van der Waals surface area contributed by atoms with Gasteiger partial charge in [-0.25, -0.2) is 65.8 Å². The molecule has 0 aliphatic carbocycles. The van der Waals surface area contributed by atoms with Crippen molar-refractivity contribution in [1.82, 2.24) is 74.4 Å². The monoisotopic (exact) mass is 1640 g/mol. The normalized spacial score (nSPS) is 16.1. The standard InChI is InChI=1S/C30H38F2N6O3.C25H30F2N6O.C15H14ClF2N3O.C14H24N4O2/c1-18(2)37-11-12-40-28-23(31)13-20(14-25(28)37)27-24(32)16-33-26(34-27)15-21-17-38(35-19(21)3)22-7-9-36(10-8-22)29(39)41-30(4,5)6;1-15(2)32-8-9-34-25-20(26)10-17(11-22(25)32)24-21(27)13-29-23(30-24)12-18-14-33(31-16(18)3)19-4-6-28-7-5-19;1-8(2)21-3-4-22-14-10(17)5-9(6-12(14)21)13-11(18)7-19-15(16)20-13;1-10-12(15)9-18(16-10)11-5-7-17(8-6-11)13(19)20-14(2,3)4/h13-14,16-18,22H,7-12,15H2,1-6H3;10-11,13-15,19,28H,4-9,12H2,1-3H3;5-8H,3-4H2,1-2H3;9,11H,5-8,15H2,1-4H3. The van der Waals surface area contributed by atoms with E-state index in [9.17, 15) is 31.5 Å². The fourth-order valence-corrected chi connectivity index (χ4v) is 15.1. The first-order valence-electron chi connectivity index (χ1n) is 40.0. The molecule has 0 unspecified atom stereocenters. The van der Waals surface area contributed by atoms with Crippen LogP contribution in [0.4, 0.5) is 58.7 Å². The molecule has 0 atom stereocenters. The van der Waals surface area contributed by atoms with Crippen LogP contribution in [-0.4, -0.2) is 189 Å². The average Bonchev–Trinajstić information content (AvgIpc) is 1.56. The summed E-state index contributed by atoms with van der Waals surface area (Å²) in [5.41, 5.74) is 13.0. The summed E-state index contributed by atoms with van der Waals surface area (Å²) >= 11 is 5.71. The molecule has 33 heteroatoms. The molecule has 117 heavy (non-hydrogen) atoms. The molecule has 3 N–H and O–H groups in total. The maximum Gasteiger partial charge on any atom is 0.410 e. The topological polar surface area (TPSA) is 265 Å². The van der Waals surface area contributed by atoms with Gasteiger partial charge in [-0.05, 0) is 203 Å². The molecule has 2 amide bonds. The van der Waals surface area contributed by atoms with Gasteiger partial charge in [0.2, 0.25) is 5.28 Å². The van der Waals surface area contributed by atoms with Crippen molar-refractivity contribution in [3.63, 3.8) is 0 Å². The highest BCUT2D eigenvalue weighted by Gasteiger charge is 2.34. The Morgan fingerprint density at radius 1 is 0.479 bits per heavy atom. The number of benzene rings is 3. The summed E-state index contributed by atoms with van der Waals surface area (Å²) in [6, 6.07) is 10.2. The van der Waals surface area contributed by atoms with E-state index in [1.165, 1.54) is 18.2 Å². The highest BCUT2D eigenvalue weighted by molar-refractivity contribution is 6.28. The molecule has 6 aliphatic rings. The van der Waals surface area contributed by atoms with Gasteiger partial charge < -0.3 is 59.2 Å². The summed E-state index contributed by atoms with van der Waals surface area (Å²) in [6.45, 7) is 36.8. The average molecular weight is 1640 g/mol. The van der Waals surface area contributed by atoms with Crippen LogP contribution in [0.1, 0.15) is 180 Å². The highest BCUT2D eigenvalue weighted by Crippen LogP contribution is 2.43. The number of hydrogen-bond donors (Lipinski definition) is 2. The van der Waals surface area contributed by atoms with Crippen molar-refractivity contribution in [3.05, 3.63) is 154 Å². The van der Waals surface area contributed by atoms with Gasteiger partial charge in [0.15, 0.2) is 52.2 Å². The van der Waals surface area contributed by atoms with Crippen molar-refractivity contribution in [1.29, 1.82) is 0 Å². The molecule has 15 rings (SSSR count). The lowest BCUT2D eigenvalue weighted by atomic mass is 10.1. The lowest BCUT2D eigenvalue weighted by Gasteiger charge is -2.34. The number of piperidine rings is 3.